The summed E-state index contributed by atoms with van der Waals surface area (Å²) < 4.78 is 4.54. The molecule has 162 valence electrons. The molecule has 2 aromatic carbocycles. The third-order valence-corrected chi connectivity index (χ3v) is 6.40. The Morgan fingerprint density at radius 2 is 1.84 bits per heavy atom. The summed E-state index contributed by atoms with van der Waals surface area (Å²) >= 11 is 5.69. The first-order chi connectivity index (χ1) is 14.9. The lowest BCUT2D eigenvalue weighted by atomic mass is 10.0. The van der Waals surface area contributed by atoms with Crippen LogP contribution in [0.25, 0.3) is 5.69 Å². The third-order valence-electron chi connectivity index (χ3n) is 5.99. The first-order valence-electron chi connectivity index (χ1n) is 10.7. The Morgan fingerprint density at radius 3 is 2.55 bits per heavy atom. The predicted molar refractivity (Wildman–Crippen MR) is 125 cm³/mol. The predicted octanol–water partition coefficient (Wildman–Crippen LogP) is 4.18. The van der Waals surface area contributed by atoms with Crippen LogP contribution in [0.4, 0.5) is 0 Å². The molecular weight excluding hydrogens is 406 g/mol. The number of piperidine rings is 1. The molecule has 7 heteroatoms. The molecule has 1 saturated heterocycles. The molecule has 2 heterocycles. The molecule has 0 atom stereocenters. The maximum Gasteiger partial charge on any atom is 0.251 e. The molecule has 31 heavy (non-hydrogen) atoms. The molecule has 1 aromatic heterocycles. The molecule has 0 aliphatic carbocycles. The zero-order chi connectivity index (χ0) is 22.0. The molecule has 1 N–H and O–H groups in total. The number of benzene rings is 2. The molecule has 1 amide bonds. The number of aryl methyl sites for hydroxylation is 3. The number of carbonyl (C=O) groups is 1. The number of carbonyl (C=O) groups excluding carboxylic acids is 1. The van der Waals surface area contributed by atoms with Gasteiger partial charge in [-0.2, -0.15) is 5.10 Å². The lowest BCUT2D eigenvalue weighted by molar-refractivity contribution is 0.0895. The van der Waals surface area contributed by atoms with Crippen molar-refractivity contribution in [2.75, 3.05) is 13.1 Å². The summed E-state index contributed by atoms with van der Waals surface area (Å²) in [7, 11) is 0. The van der Waals surface area contributed by atoms with Crippen molar-refractivity contribution in [3.8, 4) is 5.69 Å². The Labute approximate surface area is 188 Å². The molecule has 3 aromatic rings. The van der Waals surface area contributed by atoms with Crippen LogP contribution in [-0.4, -0.2) is 44.3 Å². The molecule has 1 aliphatic heterocycles. The fourth-order valence-corrected chi connectivity index (χ4v) is 4.42. The van der Waals surface area contributed by atoms with Gasteiger partial charge in [0, 0.05) is 24.7 Å². The summed E-state index contributed by atoms with van der Waals surface area (Å²) in [5.41, 5.74) is 5.25. The number of rotatable bonds is 5. The highest BCUT2D eigenvalue weighted by molar-refractivity contribution is 7.71. The van der Waals surface area contributed by atoms with Gasteiger partial charge in [0.25, 0.3) is 5.91 Å². The van der Waals surface area contributed by atoms with Crippen LogP contribution in [0, 0.1) is 25.5 Å². The monoisotopic (exact) mass is 435 g/mol. The van der Waals surface area contributed by atoms with Crippen LogP contribution in [-0.2, 0) is 6.67 Å². The fraction of sp³-hybridized carbons (Fsp3) is 0.375. The standard InChI is InChI=1S/C24H29N5OS/c1-17-8-9-22(19(3)14-17)28-15-25-29(24(28)31)16-27-12-10-20(11-13-27)26-23(30)21-7-5-4-6-18(21)2/h4-9,14-15,20H,10-13,16H2,1-3H3,(H,26,30). The van der Waals surface area contributed by atoms with Crippen LogP contribution >= 0.6 is 12.2 Å². The Hall–Kier alpha value is -2.77. The summed E-state index contributed by atoms with van der Waals surface area (Å²) in [5.74, 6) is 0.0194. The lowest BCUT2D eigenvalue weighted by Gasteiger charge is -2.32. The van der Waals surface area contributed by atoms with Crippen molar-refractivity contribution in [2.24, 2.45) is 0 Å². The van der Waals surface area contributed by atoms with E-state index in [0.29, 0.717) is 11.4 Å². The molecular formula is C24H29N5OS. The van der Waals surface area contributed by atoms with Crippen molar-refractivity contribution in [1.29, 1.82) is 0 Å². The molecule has 1 fully saturated rings. The second-order valence-corrected chi connectivity index (χ2v) is 8.76. The van der Waals surface area contributed by atoms with Crippen LogP contribution in [0.15, 0.2) is 48.8 Å². The van der Waals surface area contributed by atoms with Crippen LogP contribution in [0.5, 0.6) is 0 Å². The van der Waals surface area contributed by atoms with E-state index in [0.717, 1.165) is 42.7 Å². The van der Waals surface area contributed by atoms with Crippen molar-refractivity contribution in [3.05, 3.63) is 75.8 Å². The van der Waals surface area contributed by atoms with Gasteiger partial charge in [0.2, 0.25) is 4.77 Å². The third kappa shape index (κ3) is 4.78. The van der Waals surface area contributed by atoms with Crippen LogP contribution in [0.3, 0.4) is 0 Å². The summed E-state index contributed by atoms with van der Waals surface area (Å²) in [6.07, 6.45) is 3.64. The first-order valence-corrected chi connectivity index (χ1v) is 11.1. The Balaban J connectivity index is 1.35. The van der Waals surface area contributed by atoms with Gasteiger partial charge in [-0.3, -0.25) is 14.3 Å². The Morgan fingerprint density at radius 1 is 1.10 bits per heavy atom. The highest BCUT2D eigenvalue weighted by atomic mass is 32.1. The molecule has 0 radical (unpaired) electrons. The molecule has 6 nitrogen and oxygen atoms in total. The number of hydrogen-bond donors (Lipinski definition) is 1. The minimum absolute atomic E-state index is 0.0194. The second-order valence-electron chi connectivity index (χ2n) is 8.40. The number of likely N-dealkylation sites (tertiary alicyclic amines) is 1. The molecule has 1 aliphatic rings. The first kappa shape index (κ1) is 21.5. The highest BCUT2D eigenvalue weighted by Gasteiger charge is 2.22. The van der Waals surface area contributed by atoms with E-state index in [2.05, 4.69) is 47.4 Å². The Bertz CT molecular complexity index is 1140. The van der Waals surface area contributed by atoms with Crippen molar-refractivity contribution in [2.45, 2.75) is 46.3 Å². The van der Waals surface area contributed by atoms with E-state index in [1.807, 2.05) is 40.4 Å². The van der Waals surface area contributed by atoms with Crippen LogP contribution in [0.1, 0.15) is 39.9 Å². The van der Waals surface area contributed by atoms with Crippen molar-refractivity contribution in [1.82, 2.24) is 24.6 Å². The van der Waals surface area contributed by atoms with Gasteiger partial charge in [-0.05, 0) is 69.1 Å². The number of amides is 1. The van der Waals surface area contributed by atoms with E-state index >= 15 is 0 Å². The molecule has 0 unspecified atom stereocenters. The normalized spacial score (nSPS) is 15.2. The minimum Gasteiger partial charge on any atom is -0.349 e. The average molecular weight is 436 g/mol. The van der Waals surface area contributed by atoms with E-state index in [4.69, 9.17) is 12.2 Å². The van der Waals surface area contributed by atoms with E-state index in [-0.39, 0.29) is 11.9 Å². The lowest BCUT2D eigenvalue weighted by Crippen LogP contribution is -2.45. The van der Waals surface area contributed by atoms with Gasteiger partial charge in [-0.25, -0.2) is 4.68 Å². The van der Waals surface area contributed by atoms with Crippen LogP contribution < -0.4 is 5.32 Å². The van der Waals surface area contributed by atoms with Gasteiger partial charge in [-0.15, -0.1) is 0 Å². The van der Waals surface area contributed by atoms with E-state index < -0.39 is 0 Å². The topological polar surface area (TPSA) is 55.1 Å². The molecule has 0 bridgehead atoms. The largest absolute Gasteiger partial charge is 0.349 e. The smallest absolute Gasteiger partial charge is 0.251 e. The van der Waals surface area contributed by atoms with Crippen molar-refractivity contribution in [3.63, 3.8) is 0 Å². The van der Waals surface area contributed by atoms with Gasteiger partial charge in [0.05, 0.1) is 12.4 Å². The number of aromatic nitrogens is 3. The highest BCUT2D eigenvalue weighted by Crippen LogP contribution is 2.17. The maximum atomic E-state index is 12.6. The van der Waals surface area contributed by atoms with E-state index in [1.165, 1.54) is 11.1 Å². The minimum atomic E-state index is 0.0194. The molecule has 0 saturated carbocycles. The molecule has 0 spiro atoms. The number of hydrogen-bond acceptors (Lipinski definition) is 4. The number of nitrogens with one attached hydrogen (secondary N) is 1. The van der Waals surface area contributed by atoms with Gasteiger partial charge in [-0.1, -0.05) is 35.9 Å². The van der Waals surface area contributed by atoms with Crippen molar-refractivity contribution >= 4 is 18.1 Å². The molecule has 4 rings (SSSR count). The van der Waals surface area contributed by atoms with Crippen molar-refractivity contribution < 1.29 is 4.79 Å². The Kier molecular flexibility index (Phi) is 6.34. The summed E-state index contributed by atoms with van der Waals surface area (Å²) in [6, 6.07) is 14.3. The quantitative estimate of drug-likeness (QED) is 0.611. The zero-order valence-electron chi connectivity index (χ0n) is 18.3. The maximum absolute atomic E-state index is 12.6. The number of nitrogens with zero attached hydrogens (tertiary/aromatic N) is 4. The second kappa shape index (κ2) is 9.16. The fourth-order valence-electron chi connectivity index (χ4n) is 4.17. The average Bonchev–Trinajstić information content (AvgIpc) is 3.10. The summed E-state index contributed by atoms with van der Waals surface area (Å²) in [5, 5.41) is 7.73. The SMILES string of the molecule is Cc1ccc(-n2cnn(CN3CCC(NC(=O)c4ccccc4C)CC3)c2=S)c(C)c1. The van der Waals surface area contributed by atoms with Gasteiger partial charge in [0.1, 0.15) is 6.33 Å². The van der Waals surface area contributed by atoms with Crippen LogP contribution in [0.2, 0.25) is 0 Å². The summed E-state index contributed by atoms with van der Waals surface area (Å²) in [6.45, 7) is 8.62. The zero-order valence-corrected chi connectivity index (χ0v) is 19.2. The van der Waals surface area contributed by atoms with Gasteiger partial charge in [0.15, 0.2) is 0 Å². The van der Waals surface area contributed by atoms with E-state index in [1.54, 1.807) is 6.33 Å². The summed E-state index contributed by atoms with van der Waals surface area (Å²) in [4.78, 5) is 14.9. The van der Waals surface area contributed by atoms with Gasteiger partial charge < -0.3 is 5.32 Å². The van der Waals surface area contributed by atoms with Gasteiger partial charge >= 0.3 is 0 Å². The van der Waals surface area contributed by atoms with E-state index in [9.17, 15) is 4.79 Å².